The standard InChI is InChI=1S/C13H21N3O2S/c1-10-9-19(17,18)8-7-16(10)13(11(2)14)12-5-3-4-6-15-12/h3-6,10-11,13H,7-9,14H2,1-2H3. The van der Waals surface area contributed by atoms with Gasteiger partial charge in [0.15, 0.2) is 9.84 Å². The Morgan fingerprint density at radius 2 is 2.21 bits per heavy atom. The van der Waals surface area contributed by atoms with Crippen LogP contribution in [-0.2, 0) is 9.84 Å². The summed E-state index contributed by atoms with van der Waals surface area (Å²) in [6, 6.07) is 5.58. The van der Waals surface area contributed by atoms with Crippen LogP contribution < -0.4 is 5.73 Å². The number of aromatic nitrogens is 1. The molecular formula is C13H21N3O2S. The van der Waals surface area contributed by atoms with E-state index in [1.165, 1.54) is 0 Å². The highest BCUT2D eigenvalue weighted by molar-refractivity contribution is 7.91. The second-order valence-corrected chi connectivity index (χ2v) is 7.49. The second-order valence-electron chi connectivity index (χ2n) is 5.26. The zero-order chi connectivity index (χ0) is 14.0. The lowest BCUT2D eigenvalue weighted by Gasteiger charge is -2.40. The smallest absolute Gasteiger partial charge is 0.153 e. The summed E-state index contributed by atoms with van der Waals surface area (Å²) in [6.07, 6.45) is 1.75. The summed E-state index contributed by atoms with van der Waals surface area (Å²) in [7, 11) is -2.91. The van der Waals surface area contributed by atoms with E-state index in [0.717, 1.165) is 5.69 Å². The van der Waals surface area contributed by atoms with Crippen molar-refractivity contribution in [3.8, 4) is 0 Å². The number of pyridine rings is 1. The summed E-state index contributed by atoms with van der Waals surface area (Å²) >= 11 is 0. The van der Waals surface area contributed by atoms with E-state index in [1.54, 1.807) is 6.20 Å². The first-order valence-corrected chi connectivity index (χ1v) is 8.35. The van der Waals surface area contributed by atoms with Gasteiger partial charge in [-0.15, -0.1) is 0 Å². The number of nitrogens with zero attached hydrogens (tertiary/aromatic N) is 2. The molecule has 0 aliphatic carbocycles. The molecule has 106 valence electrons. The topological polar surface area (TPSA) is 76.3 Å². The summed E-state index contributed by atoms with van der Waals surface area (Å²) < 4.78 is 23.3. The summed E-state index contributed by atoms with van der Waals surface area (Å²) in [6.45, 7) is 4.40. The van der Waals surface area contributed by atoms with Crippen LogP contribution in [0.15, 0.2) is 24.4 Å². The third kappa shape index (κ3) is 3.32. The summed E-state index contributed by atoms with van der Waals surface area (Å²) in [4.78, 5) is 6.54. The molecule has 19 heavy (non-hydrogen) atoms. The van der Waals surface area contributed by atoms with Crippen molar-refractivity contribution in [1.29, 1.82) is 0 Å². The molecule has 5 nitrogen and oxygen atoms in total. The van der Waals surface area contributed by atoms with Gasteiger partial charge in [-0.05, 0) is 26.0 Å². The lowest BCUT2D eigenvalue weighted by molar-refractivity contribution is 0.137. The fourth-order valence-corrected chi connectivity index (χ4v) is 4.30. The Morgan fingerprint density at radius 1 is 1.47 bits per heavy atom. The van der Waals surface area contributed by atoms with Gasteiger partial charge >= 0.3 is 0 Å². The van der Waals surface area contributed by atoms with Crippen LogP contribution in [0.3, 0.4) is 0 Å². The maximum absolute atomic E-state index is 11.7. The van der Waals surface area contributed by atoms with E-state index >= 15 is 0 Å². The van der Waals surface area contributed by atoms with E-state index < -0.39 is 9.84 Å². The molecule has 1 fully saturated rings. The van der Waals surface area contributed by atoms with Crippen molar-refractivity contribution >= 4 is 9.84 Å². The maximum Gasteiger partial charge on any atom is 0.153 e. The average Bonchev–Trinajstić information content (AvgIpc) is 2.33. The number of sulfone groups is 1. The Morgan fingerprint density at radius 3 is 2.74 bits per heavy atom. The van der Waals surface area contributed by atoms with Gasteiger partial charge in [-0.2, -0.15) is 0 Å². The molecule has 1 aliphatic rings. The van der Waals surface area contributed by atoms with Crippen molar-refractivity contribution in [2.24, 2.45) is 5.73 Å². The first-order valence-electron chi connectivity index (χ1n) is 6.53. The first-order chi connectivity index (χ1) is 8.91. The molecule has 0 amide bonds. The monoisotopic (exact) mass is 283 g/mol. The van der Waals surface area contributed by atoms with Gasteiger partial charge in [-0.25, -0.2) is 8.42 Å². The van der Waals surface area contributed by atoms with E-state index in [1.807, 2.05) is 32.0 Å². The van der Waals surface area contributed by atoms with Crippen molar-refractivity contribution in [3.05, 3.63) is 30.1 Å². The van der Waals surface area contributed by atoms with Crippen LogP contribution in [0.25, 0.3) is 0 Å². The molecule has 1 saturated heterocycles. The molecule has 0 aromatic carbocycles. The predicted molar refractivity (Wildman–Crippen MR) is 75.4 cm³/mol. The van der Waals surface area contributed by atoms with Crippen LogP contribution in [-0.4, -0.2) is 48.4 Å². The minimum absolute atomic E-state index is 0.0308. The van der Waals surface area contributed by atoms with Gasteiger partial charge in [0.05, 0.1) is 23.2 Å². The Kier molecular flexibility index (Phi) is 4.23. The van der Waals surface area contributed by atoms with Crippen molar-refractivity contribution in [1.82, 2.24) is 9.88 Å². The minimum atomic E-state index is -2.91. The zero-order valence-electron chi connectivity index (χ0n) is 11.4. The quantitative estimate of drug-likeness (QED) is 0.878. The molecule has 2 rings (SSSR count). The van der Waals surface area contributed by atoms with Crippen molar-refractivity contribution in [2.45, 2.75) is 32.0 Å². The predicted octanol–water partition coefficient (Wildman–Crippen LogP) is 0.589. The molecule has 0 saturated carbocycles. The van der Waals surface area contributed by atoms with E-state index in [2.05, 4.69) is 9.88 Å². The summed E-state index contributed by atoms with van der Waals surface area (Å²) in [5.74, 6) is 0.399. The normalized spacial score (nSPS) is 26.8. The highest BCUT2D eigenvalue weighted by Crippen LogP contribution is 2.26. The SMILES string of the molecule is CC(N)C(c1ccccn1)N1CCS(=O)(=O)CC1C. The van der Waals surface area contributed by atoms with E-state index in [-0.39, 0.29) is 29.6 Å². The average molecular weight is 283 g/mol. The first kappa shape index (κ1) is 14.4. The fraction of sp³-hybridized carbons (Fsp3) is 0.615. The lowest BCUT2D eigenvalue weighted by atomic mass is 10.0. The van der Waals surface area contributed by atoms with Crippen molar-refractivity contribution in [3.63, 3.8) is 0 Å². The number of hydrogen-bond donors (Lipinski definition) is 1. The van der Waals surface area contributed by atoms with Crippen LogP contribution in [0.1, 0.15) is 25.6 Å². The van der Waals surface area contributed by atoms with Gasteiger partial charge in [0.1, 0.15) is 0 Å². The van der Waals surface area contributed by atoms with Gasteiger partial charge in [0.2, 0.25) is 0 Å². The highest BCUT2D eigenvalue weighted by atomic mass is 32.2. The molecule has 2 heterocycles. The number of hydrogen-bond acceptors (Lipinski definition) is 5. The van der Waals surface area contributed by atoms with E-state index in [4.69, 9.17) is 5.73 Å². The molecule has 1 aromatic rings. The third-order valence-electron chi connectivity index (χ3n) is 3.57. The molecule has 2 N–H and O–H groups in total. The Hall–Kier alpha value is -0.980. The fourth-order valence-electron chi connectivity index (χ4n) is 2.72. The van der Waals surface area contributed by atoms with Gasteiger partial charge in [0, 0.05) is 24.8 Å². The second kappa shape index (κ2) is 5.56. The van der Waals surface area contributed by atoms with Gasteiger partial charge in [0.25, 0.3) is 0 Å². The largest absolute Gasteiger partial charge is 0.326 e. The van der Waals surface area contributed by atoms with E-state index in [0.29, 0.717) is 6.54 Å². The van der Waals surface area contributed by atoms with Crippen LogP contribution in [0.2, 0.25) is 0 Å². The molecule has 0 radical (unpaired) electrons. The number of rotatable bonds is 3. The van der Waals surface area contributed by atoms with Gasteiger partial charge < -0.3 is 5.73 Å². The van der Waals surface area contributed by atoms with Crippen molar-refractivity contribution < 1.29 is 8.42 Å². The molecule has 3 atom stereocenters. The zero-order valence-corrected chi connectivity index (χ0v) is 12.2. The molecule has 1 aromatic heterocycles. The van der Waals surface area contributed by atoms with Gasteiger partial charge in [-0.1, -0.05) is 6.07 Å². The lowest BCUT2D eigenvalue weighted by Crippen LogP contribution is -2.52. The Balaban J connectivity index is 2.26. The Bertz CT molecular complexity index is 516. The third-order valence-corrected chi connectivity index (χ3v) is 5.36. The summed E-state index contributed by atoms with van der Waals surface area (Å²) in [5, 5.41) is 0. The maximum atomic E-state index is 11.7. The van der Waals surface area contributed by atoms with Crippen molar-refractivity contribution in [2.75, 3.05) is 18.1 Å². The molecular weight excluding hydrogens is 262 g/mol. The number of nitrogens with two attached hydrogens (primary N) is 1. The van der Waals surface area contributed by atoms with E-state index in [9.17, 15) is 8.42 Å². The molecule has 3 unspecified atom stereocenters. The molecule has 0 bridgehead atoms. The summed E-state index contributed by atoms with van der Waals surface area (Å²) in [5.41, 5.74) is 7.00. The molecule has 6 heteroatoms. The van der Waals surface area contributed by atoms with Crippen LogP contribution >= 0.6 is 0 Å². The highest BCUT2D eigenvalue weighted by Gasteiger charge is 2.35. The van der Waals surface area contributed by atoms with Crippen LogP contribution in [0.5, 0.6) is 0 Å². The van der Waals surface area contributed by atoms with Crippen LogP contribution in [0.4, 0.5) is 0 Å². The molecule has 0 spiro atoms. The molecule has 1 aliphatic heterocycles. The minimum Gasteiger partial charge on any atom is -0.326 e. The van der Waals surface area contributed by atoms with Crippen LogP contribution in [0, 0.1) is 0 Å². The Labute approximate surface area is 114 Å². The van der Waals surface area contributed by atoms with Gasteiger partial charge in [-0.3, -0.25) is 9.88 Å².